The van der Waals surface area contributed by atoms with E-state index in [1.165, 1.54) is 48.0 Å². The average molecular weight is 531 g/mol. The van der Waals surface area contributed by atoms with Crippen molar-refractivity contribution in [2.24, 2.45) is 0 Å². The minimum atomic E-state index is -0.178. The molecule has 2 aromatic heterocycles. The van der Waals surface area contributed by atoms with Gasteiger partial charge >= 0.3 is 0 Å². The van der Waals surface area contributed by atoms with E-state index in [4.69, 9.17) is 9.97 Å². The number of hydrogen-bond acceptors (Lipinski definition) is 3. The zero-order valence-corrected chi connectivity index (χ0v) is 23.2. The van der Waals surface area contributed by atoms with Gasteiger partial charge in [0, 0.05) is 47.8 Å². The molecule has 0 fully saturated rings. The molecule has 1 aliphatic carbocycles. The highest BCUT2D eigenvalue weighted by atomic mass is 32.1. The number of nitrogens with zero attached hydrogens (tertiary/aromatic N) is 2. The second-order valence-electron chi connectivity index (χ2n) is 11.0. The Balaban J connectivity index is 1.29. The zero-order valence-electron chi connectivity index (χ0n) is 22.3. The molecule has 0 spiro atoms. The van der Waals surface area contributed by atoms with E-state index in [-0.39, 0.29) is 5.41 Å². The van der Waals surface area contributed by atoms with Crippen molar-refractivity contribution in [2.75, 3.05) is 0 Å². The summed E-state index contributed by atoms with van der Waals surface area (Å²) < 4.78 is 2.65. The molecule has 190 valence electrons. The predicted molar refractivity (Wildman–Crippen MR) is 169 cm³/mol. The summed E-state index contributed by atoms with van der Waals surface area (Å²) in [4.78, 5) is 10.5. The molecule has 0 amide bonds. The van der Waals surface area contributed by atoms with Crippen LogP contribution in [0.2, 0.25) is 0 Å². The van der Waals surface area contributed by atoms with Crippen molar-refractivity contribution in [1.29, 1.82) is 0 Å². The van der Waals surface area contributed by atoms with Crippen molar-refractivity contribution < 1.29 is 0 Å². The molecule has 1 aliphatic rings. The Morgan fingerprint density at radius 1 is 0.525 bits per heavy atom. The Morgan fingerprint density at radius 3 is 2.02 bits per heavy atom. The van der Waals surface area contributed by atoms with Gasteiger partial charge in [-0.1, -0.05) is 129 Å². The van der Waals surface area contributed by atoms with Crippen molar-refractivity contribution in [1.82, 2.24) is 9.97 Å². The maximum absolute atomic E-state index is 5.24. The molecule has 0 saturated heterocycles. The van der Waals surface area contributed by atoms with Crippen LogP contribution in [0.3, 0.4) is 0 Å². The van der Waals surface area contributed by atoms with Gasteiger partial charge in [0.2, 0.25) is 0 Å². The van der Waals surface area contributed by atoms with Gasteiger partial charge in [-0.15, -0.1) is 11.3 Å². The van der Waals surface area contributed by atoms with Crippen molar-refractivity contribution in [3.8, 4) is 45.0 Å². The van der Waals surface area contributed by atoms with Crippen molar-refractivity contribution >= 4 is 31.5 Å². The zero-order chi connectivity index (χ0) is 26.8. The Kier molecular flexibility index (Phi) is 5.07. The molecule has 5 aromatic carbocycles. The average Bonchev–Trinajstić information content (AvgIpc) is 3.50. The quantitative estimate of drug-likeness (QED) is 0.227. The van der Waals surface area contributed by atoms with Crippen LogP contribution in [-0.2, 0) is 5.41 Å². The SMILES string of the molecule is CC1(C)c2ccccc2-c2nc(-c3ccc(-c4cccc5c4sc4ccccc45)cc3)nc(-c3ccccc3)c21. The van der Waals surface area contributed by atoms with E-state index >= 15 is 0 Å². The Hall–Kier alpha value is -4.60. The van der Waals surface area contributed by atoms with E-state index in [2.05, 4.69) is 135 Å². The van der Waals surface area contributed by atoms with Gasteiger partial charge in [0.25, 0.3) is 0 Å². The number of benzene rings is 5. The van der Waals surface area contributed by atoms with Crippen LogP contribution >= 0.6 is 11.3 Å². The highest BCUT2D eigenvalue weighted by Crippen LogP contribution is 2.51. The smallest absolute Gasteiger partial charge is 0.160 e. The van der Waals surface area contributed by atoms with Crippen LogP contribution in [0.5, 0.6) is 0 Å². The molecular formula is C37H26N2S. The first-order valence-electron chi connectivity index (χ1n) is 13.7. The molecular weight excluding hydrogens is 504 g/mol. The minimum absolute atomic E-state index is 0.178. The molecule has 3 heteroatoms. The fraction of sp³-hybridized carbons (Fsp3) is 0.0811. The van der Waals surface area contributed by atoms with E-state index in [0.29, 0.717) is 0 Å². The molecule has 0 saturated carbocycles. The lowest BCUT2D eigenvalue weighted by atomic mass is 9.81. The first-order valence-corrected chi connectivity index (χ1v) is 14.5. The molecule has 2 heterocycles. The minimum Gasteiger partial charge on any atom is -0.228 e. The van der Waals surface area contributed by atoms with Gasteiger partial charge in [-0.05, 0) is 22.8 Å². The summed E-state index contributed by atoms with van der Waals surface area (Å²) in [6.45, 7) is 4.58. The van der Waals surface area contributed by atoms with E-state index in [0.717, 1.165) is 28.3 Å². The van der Waals surface area contributed by atoms with Gasteiger partial charge in [0.15, 0.2) is 5.82 Å². The summed E-state index contributed by atoms with van der Waals surface area (Å²) in [6, 6.07) is 43.3. The van der Waals surface area contributed by atoms with E-state index in [1.807, 2.05) is 11.3 Å². The first kappa shape index (κ1) is 23.3. The number of rotatable bonds is 3. The fourth-order valence-corrected chi connectivity index (χ4v) is 7.56. The standard InChI is InChI=1S/C37H26N2S/c1-37(2)30-17-8-6-14-29(30)34-32(37)33(24-11-4-3-5-12-24)38-36(39-34)25-21-19-23(20-22-25)26-15-10-16-28-27-13-7-9-18-31(27)40-35(26)28/h3-22H,1-2H3. The van der Waals surface area contributed by atoms with Crippen LogP contribution in [-0.4, -0.2) is 9.97 Å². The van der Waals surface area contributed by atoms with E-state index in [9.17, 15) is 0 Å². The lowest BCUT2D eigenvalue weighted by Crippen LogP contribution is -2.17. The van der Waals surface area contributed by atoms with Crippen LogP contribution in [0.25, 0.3) is 65.2 Å². The largest absolute Gasteiger partial charge is 0.228 e. The highest BCUT2D eigenvalue weighted by molar-refractivity contribution is 7.26. The summed E-state index contributed by atoms with van der Waals surface area (Å²) in [6.07, 6.45) is 0. The maximum atomic E-state index is 5.24. The van der Waals surface area contributed by atoms with Crippen LogP contribution in [0.1, 0.15) is 25.0 Å². The molecule has 0 radical (unpaired) electrons. The summed E-state index contributed by atoms with van der Waals surface area (Å²) in [7, 11) is 0. The number of aromatic nitrogens is 2. The number of hydrogen-bond donors (Lipinski definition) is 0. The Bertz CT molecular complexity index is 2070. The number of fused-ring (bicyclic) bond motifs is 6. The van der Waals surface area contributed by atoms with Gasteiger partial charge in [-0.2, -0.15) is 0 Å². The molecule has 7 aromatic rings. The fourth-order valence-electron chi connectivity index (χ4n) is 6.32. The third-order valence-electron chi connectivity index (χ3n) is 8.30. The predicted octanol–water partition coefficient (Wildman–Crippen LogP) is 10.2. The van der Waals surface area contributed by atoms with Gasteiger partial charge in [-0.25, -0.2) is 9.97 Å². The molecule has 8 rings (SSSR count). The maximum Gasteiger partial charge on any atom is 0.160 e. The van der Waals surface area contributed by atoms with Crippen LogP contribution in [0.4, 0.5) is 0 Å². The van der Waals surface area contributed by atoms with Crippen LogP contribution in [0, 0.1) is 0 Å². The number of thiophene rings is 1. The van der Waals surface area contributed by atoms with Crippen molar-refractivity contribution in [2.45, 2.75) is 19.3 Å². The van der Waals surface area contributed by atoms with Gasteiger partial charge < -0.3 is 0 Å². The molecule has 40 heavy (non-hydrogen) atoms. The normalized spacial score (nSPS) is 13.4. The lowest BCUT2D eigenvalue weighted by Gasteiger charge is -2.23. The second-order valence-corrected chi connectivity index (χ2v) is 12.1. The first-order chi connectivity index (χ1) is 19.6. The molecule has 0 atom stereocenters. The molecule has 2 nitrogen and oxygen atoms in total. The van der Waals surface area contributed by atoms with Crippen LogP contribution in [0.15, 0.2) is 121 Å². The third-order valence-corrected chi connectivity index (χ3v) is 9.52. The topological polar surface area (TPSA) is 25.8 Å². The van der Waals surface area contributed by atoms with Crippen molar-refractivity contribution in [3.63, 3.8) is 0 Å². The molecule has 0 unspecified atom stereocenters. The van der Waals surface area contributed by atoms with Gasteiger partial charge in [0.05, 0.1) is 11.4 Å². The summed E-state index contributed by atoms with van der Waals surface area (Å²) >= 11 is 1.87. The lowest BCUT2D eigenvalue weighted by molar-refractivity contribution is 0.658. The second kappa shape index (κ2) is 8.70. The van der Waals surface area contributed by atoms with E-state index in [1.54, 1.807) is 0 Å². The van der Waals surface area contributed by atoms with Gasteiger partial charge in [0.1, 0.15) is 0 Å². The molecule has 0 aliphatic heterocycles. The monoisotopic (exact) mass is 530 g/mol. The van der Waals surface area contributed by atoms with Crippen molar-refractivity contribution in [3.05, 3.63) is 132 Å². The Labute approximate surface area is 237 Å². The summed E-state index contributed by atoms with van der Waals surface area (Å²) in [5, 5.41) is 2.64. The molecule has 0 bridgehead atoms. The third kappa shape index (κ3) is 3.41. The Morgan fingerprint density at radius 2 is 1.18 bits per heavy atom. The van der Waals surface area contributed by atoms with Gasteiger partial charge in [-0.3, -0.25) is 0 Å². The van der Waals surface area contributed by atoms with Crippen LogP contribution < -0.4 is 0 Å². The summed E-state index contributed by atoms with van der Waals surface area (Å²) in [5.41, 5.74) is 10.2. The highest BCUT2D eigenvalue weighted by Gasteiger charge is 2.39. The summed E-state index contributed by atoms with van der Waals surface area (Å²) in [5.74, 6) is 0.761. The van der Waals surface area contributed by atoms with E-state index < -0.39 is 0 Å². The molecule has 0 N–H and O–H groups in total.